The van der Waals surface area contributed by atoms with Gasteiger partial charge in [-0.05, 0) is 60.7 Å². The van der Waals surface area contributed by atoms with Crippen molar-refractivity contribution in [2.24, 2.45) is 5.92 Å². The van der Waals surface area contributed by atoms with Crippen LogP contribution in [-0.4, -0.2) is 17.8 Å². The average molecular weight is 378 g/mol. The summed E-state index contributed by atoms with van der Waals surface area (Å²) < 4.78 is 4.99. The monoisotopic (exact) mass is 378 g/mol. The van der Waals surface area contributed by atoms with E-state index in [9.17, 15) is 14.4 Å². The van der Waals surface area contributed by atoms with Gasteiger partial charge < -0.3 is 15.4 Å². The van der Waals surface area contributed by atoms with Crippen molar-refractivity contribution in [3.63, 3.8) is 0 Å². The lowest BCUT2D eigenvalue weighted by atomic mass is 10.1. The van der Waals surface area contributed by atoms with Gasteiger partial charge in [0.15, 0.2) is 0 Å². The predicted molar refractivity (Wildman–Crippen MR) is 106 cm³/mol. The molecule has 0 spiro atoms. The standard InChI is InChI=1S/C22H22N2O4/c1-15(25)28-20-4-2-3-18(13-20)22(27)24-19-10-7-17(8-11-19)14-23-21(26)12-9-16-5-6-16/h2-4,7-13,16H,5-6,14H2,1H3,(H,23,26)(H,24,27)/b12-9+. The molecule has 1 fully saturated rings. The highest BCUT2D eigenvalue weighted by atomic mass is 16.5. The molecule has 2 aromatic rings. The van der Waals surface area contributed by atoms with Gasteiger partial charge in [0.1, 0.15) is 5.75 Å². The van der Waals surface area contributed by atoms with Crippen LogP contribution < -0.4 is 15.4 Å². The van der Waals surface area contributed by atoms with E-state index in [0.717, 1.165) is 5.56 Å². The predicted octanol–water partition coefficient (Wildman–Crippen LogP) is 3.45. The summed E-state index contributed by atoms with van der Waals surface area (Å²) in [6, 6.07) is 13.6. The van der Waals surface area contributed by atoms with Crippen molar-refractivity contribution in [2.45, 2.75) is 26.3 Å². The Morgan fingerprint density at radius 1 is 1.11 bits per heavy atom. The lowest BCUT2D eigenvalue weighted by Crippen LogP contribution is -2.20. The van der Waals surface area contributed by atoms with Crippen LogP contribution in [0, 0.1) is 5.92 Å². The van der Waals surface area contributed by atoms with E-state index < -0.39 is 5.97 Å². The summed E-state index contributed by atoms with van der Waals surface area (Å²) in [5.41, 5.74) is 1.95. The minimum atomic E-state index is -0.441. The van der Waals surface area contributed by atoms with Crippen LogP contribution in [0.25, 0.3) is 0 Å². The molecule has 0 atom stereocenters. The first kappa shape index (κ1) is 19.4. The largest absolute Gasteiger partial charge is 0.427 e. The zero-order chi connectivity index (χ0) is 19.9. The average Bonchev–Trinajstić information content (AvgIpc) is 3.50. The van der Waals surface area contributed by atoms with Crippen LogP contribution in [0.3, 0.4) is 0 Å². The number of nitrogens with one attached hydrogen (secondary N) is 2. The van der Waals surface area contributed by atoms with Crippen molar-refractivity contribution < 1.29 is 19.1 Å². The summed E-state index contributed by atoms with van der Waals surface area (Å²) in [7, 11) is 0. The molecule has 6 heteroatoms. The Kier molecular flexibility index (Phi) is 6.22. The molecule has 1 aliphatic carbocycles. The molecule has 28 heavy (non-hydrogen) atoms. The fourth-order valence-corrected chi connectivity index (χ4v) is 2.54. The maximum Gasteiger partial charge on any atom is 0.308 e. The minimum absolute atomic E-state index is 0.100. The number of rotatable bonds is 7. The van der Waals surface area contributed by atoms with Crippen LogP contribution in [0.4, 0.5) is 5.69 Å². The third-order valence-corrected chi connectivity index (χ3v) is 4.18. The molecule has 0 unspecified atom stereocenters. The van der Waals surface area contributed by atoms with E-state index in [4.69, 9.17) is 4.74 Å². The summed E-state index contributed by atoms with van der Waals surface area (Å²) in [4.78, 5) is 35.1. The van der Waals surface area contributed by atoms with Crippen molar-refractivity contribution >= 4 is 23.5 Å². The number of hydrogen-bond acceptors (Lipinski definition) is 4. The van der Waals surface area contributed by atoms with Crippen molar-refractivity contribution in [3.8, 4) is 5.75 Å². The number of esters is 1. The molecular formula is C22H22N2O4. The van der Waals surface area contributed by atoms with Gasteiger partial charge in [-0.15, -0.1) is 0 Å². The molecule has 0 radical (unpaired) electrons. The Labute approximate surface area is 163 Å². The lowest BCUT2D eigenvalue weighted by Gasteiger charge is -2.08. The third kappa shape index (κ3) is 6.09. The first-order valence-corrected chi connectivity index (χ1v) is 9.14. The molecule has 0 saturated heterocycles. The van der Waals surface area contributed by atoms with Crippen LogP contribution in [0.2, 0.25) is 0 Å². The number of ether oxygens (including phenoxy) is 1. The van der Waals surface area contributed by atoms with Gasteiger partial charge in [0.2, 0.25) is 5.91 Å². The Balaban J connectivity index is 1.52. The molecule has 0 aromatic heterocycles. The quantitative estimate of drug-likeness (QED) is 0.439. The number of hydrogen-bond donors (Lipinski definition) is 2. The van der Waals surface area contributed by atoms with Crippen molar-refractivity contribution in [3.05, 3.63) is 71.8 Å². The maximum absolute atomic E-state index is 12.4. The molecule has 1 saturated carbocycles. The smallest absolute Gasteiger partial charge is 0.308 e. The number of anilines is 1. The van der Waals surface area contributed by atoms with Gasteiger partial charge >= 0.3 is 5.97 Å². The van der Waals surface area contributed by atoms with Gasteiger partial charge in [-0.2, -0.15) is 0 Å². The van der Waals surface area contributed by atoms with E-state index in [0.29, 0.717) is 29.5 Å². The summed E-state index contributed by atoms with van der Waals surface area (Å²) in [5, 5.41) is 5.63. The fraction of sp³-hybridized carbons (Fsp3) is 0.227. The van der Waals surface area contributed by atoms with Crippen LogP contribution in [-0.2, 0) is 16.1 Å². The molecule has 144 valence electrons. The van der Waals surface area contributed by atoms with Gasteiger partial charge in [0.25, 0.3) is 5.91 Å². The summed E-state index contributed by atoms with van der Waals surface area (Å²) in [6.45, 7) is 1.73. The SMILES string of the molecule is CC(=O)Oc1cccc(C(=O)Nc2ccc(CNC(=O)/C=C/C3CC3)cc2)c1. The zero-order valence-electron chi connectivity index (χ0n) is 15.6. The second-order valence-corrected chi connectivity index (χ2v) is 6.69. The van der Waals surface area contributed by atoms with E-state index in [1.54, 1.807) is 36.4 Å². The van der Waals surface area contributed by atoms with E-state index in [1.165, 1.54) is 25.8 Å². The molecule has 1 aliphatic rings. The van der Waals surface area contributed by atoms with Crippen LogP contribution in [0.5, 0.6) is 5.75 Å². The van der Waals surface area contributed by atoms with Crippen LogP contribution in [0.1, 0.15) is 35.7 Å². The second kappa shape index (κ2) is 8.99. The Morgan fingerprint density at radius 2 is 1.86 bits per heavy atom. The summed E-state index contributed by atoms with van der Waals surface area (Å²) in [6.07, 6.45) is 5.89. The van der Waals surface area contributed by atoms with Gasteiger partial charge in [-0.25, -0.2) is 0 Å². The molecule has 3 rings (SSSR count). The van der Waals surface area contributed by atoms with Crippen molar-refractivity contribution in [2.75, 3.05) is 5.32 Å². The number of carbonyl (C=O) groups is 3. The van der Waals surface area contributed by atoms with E-state index >= 15 is 0 Å². The summed E-state index contributed by atoms with van der Waals surface area (Å²) in [5.74, 6) is 0.0470. The van der Waals surface area contributed by atoms with Crippen molar-refractivity contribution in [1.82, 2.24) is 5.32 Å². The van der Waals surface area contributed by atoms with Gasteiger partial charge in [-0.1, -0.05) is 24.3 Å². The van der Waals surface area contributed by atoms with Crippen LogP contribution in [0.15, 0.2) is 60.7 Å². The molecular weight excluding hydrogens is 356 g/mol. The van der Waals surface area contributed by atoms with Crippen LogP contribution >= 0.6 is 0 Å². The lowest BCUT2D eigenvalue weighted by molar-refractivity contribution is -0.131. The van der Waals surface area contributed by atoms with Gasteiger partial charge in [0.05, 0.1) is 0 Å². The van der Waals surface area contributed by atoms with Gasteiger partial charge in [-0.3, -0.25) is 14.4 Å². The molecule has 2 aromatic carbocycles. The normalized spacial score (nSPS) is 13.2. The molecule has 0 aliphatic heterocycles. The molecule has 0 heterocycles. The topological polar surface area (TPSA) is 84.5 Å². The highest BCUT2D eigenvalue weighted by Gasteiger charge is 2.17. The Hall–Kier alpha value is -3.41. The highest BCUT2D eigenvalue weighted by molar-refractivity contribution is 6.04. The third-order valence-electron chi connectivity index (χ3n) is 4.18. The molecule has 2 amide bonds. The molecule has 6 nitrogen and oxygen atoms in total. The van der Waals surface area contributed by atoms with Gasteiger partial charge in [0, 0.05) is 24.7 Å². The fourth-order valence-electron chi connectivity index (χ4n) is 2.54. The Morgan fingerprint density at radius 3 is 2.54 bits per heavy atom. The molecule has 2 N–H and O–H groups in total. The molecule has 0 bridgehead atoms. The number of benzene rings is 2. The Bertz CT molecular complexity index is 899. The number of amides is 2. The summed E-state index contributed by atoms with van der Waals surface area (Å²) >= 11 is 0. The first-order valence-electron chi connectivity index (χ1n) is 9.14. The van der Waals surface area contributed by atoms with E-state index in [1.807, 2.05) is 18.2 Å². The van der Waals surface area contributed by atoms with E-state index in [-0.39, 0.29) is 11.8 Å². The van der Waals surface area contributed by atoms with Crippen molar-refractivity contribution in [1.29, 1.82) is 0 Å². The number of carbonyl (C=O) groups excluding carboxylic acids is 3. The van der Waals surface area contributed by atoms with E-state index in [2.05, 4.69) is 10.6 Å². The first-order chi connectivity index (χ1) is 13.5. The minimum Gasteiger partial charge on any atom is -0.427 e. The maximum atomic E-state index is 12.4. The number of allylic oxidation sites excluding steroid dienone is 1. The highest BCUT2D eigenvalue weighted by Crippen LogP contribution is 2.29. The zero-order valence-corrected chi connectivity index (χ0v) is 15.6. The second-order valence-electron chi connectivity index (χ2n) is 6.69.